The molecule has 0 saturated carbocycles. The molecular formula is C27H41N5O2. The molecule has 34 heavy (non-hydrogen) atoms. The van der Waals surface area contributed by atoms with Gasteiger partial charge in [-0.3, -0.25) is 9.59 Å². The number of hydrogen-bond acceptors (Lipinski definition) is 5. The average molecular weight is 468 g/mol. The Labute approximate surface area is 204 Å². The first kappa shape index (κ1) is 27.3. The quantitative estimate of drug-likeness (QED) is 0.377. The minimum absolute atomic E-state index is 0.194. The fourth-order valence-corrected chi connectivity index (χ4v) is 4.06. The van der Waals surface area contributed by atoms with Gasteiger partial charge in [0.1, 0.15) is 11.9 Å². The zero-order valence-electron chi connectivity index (χ0n) is 21.2. The van der Waals surface area contributed by atoms with Crippen LogP contribution in [0.5, 0.6) is 0 Å². The van der Waals surface area contributed by atoms with Crippen molar-refractivity contribution in [3.63, 3.8) is 0 Å². The highest BCUT2D eigenvalue weighted by Gasteiger charge is 2.24. The molecule has 7 nitrogen and oxygen atoms in total. The Morgan fingerprint density at radius 2 is 1.76 bits per heavy atom. The van der Waals surface area contributed by atoms with E-state index >= 15 is 0 Å². The molecule has 0 radical (unpaired) electrons. The lowest BCUT2D eigenvalue weighted by Crippen LogP contribution is -2.50. The molecule has 7 heteroatoms. The highest BCUT2D eigenvalue weighted by molar-refractivity contribution is 5.89. The SMILES string of the molecule is CCC[C@H](C[C@@H](N)C(=O)N[C@@H](C)C(=O)NCc1ccc(N)nc1C)c1cccc(C(C)CC)c1. The molecule has 6 N–H and O–H groups in total. The summed E-state index contributed by atoms with van der Waals surface area (Å²) in [6, 6.07) is 10.8. The number of aryl methyl sites for hydroxylation is 1. The van der Waals surface area contributed by atoms with Gasteiger partial charge in [0.05, 0.1) is 6.04 Å². The van der Waals surface area contributed by atoms with E-state index in [1.54, 1.807) is 13.0 Å². The monoisotopic (exact) mass is 467 g/mol. The van der Waals surface area contributed by atoms with Gasteiger partial charge in [-0.25, -0.2) is 4.98 Å². The van der Waals surface area contributed by atoms with Gasteiger partial charge in [-0.05, 0) is 67.7 Å². The number of benzene rings is 1. The summed E-state index contributed by atoms with van der Waals surface area (Å²) in [5.74, 6) is 0.539. The molecule has 0 spiro atoms. The highest BCUT2D eigenvalue weighted by atomic mass is 16.2. The summed E-state index contributed by atoms with van der Waals surface area (Å²) in [5.41, 5.74) is 16.1. The molecule has 0 aliphatic rings. The van der Waals surface area contributed by atoms with Crippen LogP contribution < -0.4 is 22.1 Å². The Morgan fingerprint density at radius 3 is 2.41 bits per heavy atom. The summed E-state index contributed by atoms with van der Waals surface area (Å²) in [6.45, 7) is 10.4. The minimum atomic E-state index is -0.695. The first-order valence-corrected chi connectivity index (χ1v) is 12.3. The number of rotatable bonds is 12. The number of anilines is 1. The maximum atomic E-state index is 12.8. The average Bonchev–Trinajstić information content (AvgIpc) is 2.82. The van der Waals surface area contributed by atoms with E-state index in [4.69, 9.17) is 11.5 Å². The number of hydrogen-bond donors (Lipinski definition) is 4. The number of carbonyl (C=O) groups is 2. The molecule has 2 rings (SSSR count). The molecule has 1 unspecified atom stereocenters. The summed E-state index contributed by atoms with van der Waals surface area (Å²) in [5, 5.41) is 5.60. The van der Waals surface area contributed by atoms with Crippen molar-refractivity contribution >= 4 is 17.6 Å². The molecule has 1 aromatic heterocycles. The number of aromatic nitrogens is 1. The van der Waals surface area contributed by atoms with Crippen molar-refractivity contribution in [2.45, 2.75) is 90.8 Å². The highest BCUT2D eigenvalue weighted by Crippen LogP contribution is 2.29. The number of nitrogen functional groups attached to an aromatic ring is 1. The molecule has 2 amide bonds. The second-order valence-corrected chi connectivity index (χ2v) is 9.24. The predicted molar refractivity (Wildman–Crippen MR) is 138 cm³/mol. The molecule has 4 atom stereocenters. The van der Waals surface area contributed by atoms with E-state index in [1.807, 2.05) is 13.0 Å². The lowest BCUT2D eigenvalue weighted by molar-refractivity contribution is -0.129. The van der Waals surface area contributed by atoms with E-state index in [9.17, 15) is 9.59 Å². The van der Waals surface area contributed by atoms with Crippen LogP contribution in [0.2, 0.25) is 0 Å². The molecule has 1 aromatic carbocycles. The predicted octanol–water partition coefficient (Wildman–Crippen LogP) is 3.91. The molecular weight excluding hydrogens is 426 g/mol. The van der Waals surface area contributed by atoms with Crippen LogP contribution in [0.25, 0.3) is 0 Å². The van der Waals surface area contributed by atoms with Gasteiger partial charge in [-0.15, -0.1) is 0 Å². The number of nitrogens with one attached hydrogen (secondary N) is 2. The summed E-state index contributed by atoms with van der Waals surface area (Å²) in [4.78, 5) is 29.5. The van der Waals surface area contributed by atoms with Gasteiger partial charge in [-0.1, -0.05) is 57.5 Å². The Kier molecular flexibility index (Phi) is 10.5. The van der Waals surface area contributed by atoms with Crippen LogP contribution in [0.15, 0.2) is 36.4 Å². The topological polar surface area (TPSA) is 123 Å². The normalized spacial score (nSPS) is 14.6. The van der Waals surface area contributed by atoms with Gasteiger partial charge < -0.3 is 22.1 Å². The molecule has 0 saturated heterocycles. The number of nitrogens with two attached hydrogens (primary N) is 2. The van der Waals surface area contributed by atoms with Gasteiger partial charge in [0.15, 0.2) is 0 Å². The van der Waals surface area contributed by atoms with Crippen molar-refractivity contribution in [2.24, 2.45) is 5.73 Å². The Morgan fingerprint density at radius 1 is 1.06 bits per heavy atom. The number of pyridine rings is 1. The van der Waals surface area contributed by atoms with Crippen molar-refractivity contribution in [3.05, 3.63) is 58.8 Å². The molecule has 186 valence electrons. The third kappa shape index (κ3) is 7.83. The van der Waals surface area contributed by atoms with Gasteiger partial charge in [0, 0.05) is 12.2 Å². The van der Waals surface area contributed by atoms with Crippen molar-refractivity contribution < 1.29 is 9.59 Å². The van der Waals surface area contributed by atoms with Crippen molar-refractivity contribution in [3.8, 4) is 0 Å². The van der Waals surface area contributed by atoms with Crippen LogP contribution in [-0.4, -0.2) is 28.9 Å². The fourth-order valence-electron chi connectivity index (χ4n) is 4.06. The lowest BCUT2D eigenvalue weighted by atomic mass is 9.86. The van der Waals surface area contributed by atoms with Crippen LogP contribution in [-0.2, 0) is 16.1 Å². The van der Waals surface area contributed by atoms with E-state index in [0.717, 1.165) is 30.5 Å². The minimum Gasteiger partial charge on any atom is -0.384 e. The van der Waals surface area contributed by atoms with Gasteiger partial charge in [-0.2, -0.15) is 0 Å². The first-order chi connectivity index (χ1) is 16.2. The number of carbonyl (C=O) groups excluding carboxylic acids is 2. The third-order valence-electron chi connectivity index (χ3n) is 6.50. The van der Waals surface area contributed by atoms with E-state index in [0.29, 0.717) is 24.7 Å². The number of amides is 2. The van der Waals surface area contributed by atoms with Crippen molar-refractivity contribution in [1.82, 2.24) is 15.6 Å². The fraction of sp³-hybridized carbons (Fsp3) is 0.519. The van der Waals surface area contributed by atoms with Crippen LogP contribution in [0.4, 0.5) is 5.82 Å². The second kappa shape index (κ2) is 13.1. The molecule has 0 aliphatic heterocycles. The van der Waals surface area contributed by atoms with Crippen molar-refractivity contribution in [2.75, 3.05) is 5.73 Å². The summed E-state index contributed by atoms with van der Waals surface area (Å²) >= 11 is 0. The van der Waals surface area contributed by atoms with Gasteiger partial charge in [0.25, 0.3) is 0 Å². The Hall–Kier alpha value is -2.93. The standard InChI is InChI=1S/C27H41N5O2/c1-6-9-21(22-11-8-10-20(14-22)17(3)7-2)15-24(28)27(34)32-19(5)26(33)30-16-23-12-13-25(29)31-18(23)4/h8,10-14,17,19,21,24H,6-7,9,15-16,28H2,1-5H3,(H2,29,31)(H,30,33)(H,32,34)/t17?,19-,21+,24+/m0/s1. The summed E-state index contributed by atoms with van der Waals surface area (Å²) in [7, 11) is 0. The largest absolute Gasteiger partial charge is 0.384 e. The van der Waals surface area contributed by atoms with Gasteiger partial charge in [0.2, 0.25) is 11.8 Å². The second-order valence-electron chi connectivity index (χ2n) is 9.24. The van der Waals surface area contributed by atoms with Crippen LogP contribution in [0.1, 0.15) is 87.6 Å². The van der Waals surface area contributed by atoms with E-state index in [1.165, 1.54) is 11.1 Å². The van der Waals surface area contributed by atoms with Crippen LogP contribution in [0.3, 0.4) is 0 Å². The Bertz CT molecular complexity index is 962. The maximum Gasteiger partial charge on any atom is 0.242 e. The van der Waals surface area contributed by atoms with Gasteiger partial charge >= 0.3 is 0 Å². The zero-order valence-corrected chi connectivity index (χ0v) is 21.2. The first-order valence-electron chi connectivity index (χ1n) is 12.3. The summed E-state index contributed by atoms with van der Waals surface area (Å²) < 4.78 is 0. The third-order valence-corrected chi connectivity index (χ3v) is 6.50. The zero-order chi connectivity index (χ0) is 25.3. The van der Waals surface area contributed by atoms with Crippen LogP contribution >= 0.6 is 0 Å². The van der Waals surface area contributed by atoms with E-state index in [2.05, 4.69) is 60.7 Å². The molecule has 1 heterocycles. The lowest BCUT2D eigenvalue weighted by Gasteiger charge is -2.23. The Balaban J connectivity index is 1.95. The number of nitrogens with zero attached hydrogens (tertiary/aromatic N) is 1. The van der Waals surface area contributed by atoms with E-state index < -0.39 is 12.1 Å². The molecule has 0 bridgehead atoms. The molecule has 0 aliphatic carbocycles. The van der Waals surface area contributed by atoms with Crippen molar-refractivity contribution in [1.29, 1.82) is 0 Å². The summed E-state index contributed by atoms with van der Waals surface area (Å²) in [6.07, 6.45) is 3.58. The van der Waals surface area contributed by atoms with E-state index in [-0.39, 0.29) is 17.7 Å². The molecule has 0 fully saturated rings. The maximum absolute atomic E-state index is 12.8. The smallest absolute Gasteiger partial charge is 0.242 e. The molecule has 2 aromatic rings. The van der Waals surface area contributed by atoms with Crippen LogP contribution in [0, 0.1) is 6.92 Å².